The van der Waals surface area contributed by atoms with E-state index in [1.54, 1.807) is 0 Å². The van der Waals surface area contributed by atoms with E-state index in [1.807, 2.05) is 16.3 Å². The Morgan fingerprint density at radius 1 is 1.56 bits per heavy atom. The molecular formula is C11H13Br2NOS. The molecule has 2 rings (SSSR count). The fraction of sp³-hybridized carbons (Fsp3) is 0.545. The van der Waals surface area contributed by atoms with Gasteiger partial charge in [0.05, 0.1) is 0 Å². The summed E-state index contributed by atoms with van der Waals surface area (Å²) in [6.45, 7) is 0.799. The van der Waals surface area contributed by atoms with Gasteiger partial charge in [0.25, 0.3) is 5.91 Å². The number of alkyl halides is 1. The Morgan fingerprint density at radius 2 is 2.31 bits per heavy atom. The normalized spacial score (nSPS) is 15.9. The summed E-state index contributed by atoms with van der Waals surface area (Å²) >= 11 is 8.36. The minimum atomic E-state index is 0.172. The van der Waals surface area contributed by atoms with Gasteiger partial charge in [0.15, 0.2) is 0 Å². The van der Waals surface area contributed by atoms with Crippen LogP contribution in [0.4, 0.5) is 0 Å². The molecule has 0 spiro atoms. The molecule has 1 aliphatic rings. The third kappa shape index (κ3) is 2.51. The van der Waals surface area contributed by atoms with Crippen molar-refractivity contribution in [2.45, 2.75) is 25.3 Å². The summed E-state index contributed by atoms with van der Waals surface area (Å²) in [7, 11) is 0. The quantitative estimate of drug-likeness (QED) is 0.740. The number of nitrogens with zero attached hydrogens (tertiary/aromatic N) is 1. The van der Waals surface area contributed by atoms with Crippen LogP contribution < -0.4 is 0 Å². The van der Waals surface area contributed by atoms with Gasteiger partial charge >= 0.3 is 0 Å². The van der Waals surface area contributed by atoms with Gasteiger partial charge in [-0.1, -0.05) is 15.9 Å². The number of rotatable bonds is 4. The van der Waals surface area contributed by atoms with Crippen LogP contribution in [0, 0.1) is 0 Å². The number of carbonyl (C=O) groups excluding carboxylic acids is 1. The van der Waals surface area contributed by atoms with Gasteiger partial charge in [-0.3, -0.25) is 4.79 Å². The molecular weight excluding hydrogens is 354 g/mol. The van der Waals surface area contributed by atoms with Gasteiger partial charge in [-0.25, -0.2) is 0 Å². The van der Waals surface area contributed by atoms with E-state index < -0.39 is 0 Å². The van der Waals surface area contributed by atoms with Crippen molar-refractivity contribution in [1.82, 2.24) is 4.90 Å². The van der Waals surface area contributed by atoms with Crippen molar-refractivity contribution in [3.8, 4) is 0 Å². The topological polar surface area (TPSA) is 20.3 Å². The summed E-state index contributed by atoms with van der Waals surface area (Å²) in [6.07, 6.45) is 3.56. The lowest BCUT2D eigenvalue weighted by Crippen LogP contribution is -2.45. The van der Waals surface area contributed by atoms with Gasteiger partial charge in [-0.15, -0.1) is 11.3 Å². The predicted molar refractivity (Wildman–Crippen MR) is 74.5 cm³/mol. The van der Waals surface area contributed by atoms with Crippen LogP contribution in [-0.4, -0.2) is 28.7 Å². The summed E-state index contributed by atoms with van der Waals surface area (Å²) in [4.78, 5) is 15.2. The van der Waals surface area contributed by atoms with Crippen LogP contribution in [0.5, 0.6) is 0 Å². The highest BCUT2D eigenvalue weighted by Gasteiger charge is 2.30. The van der Waals surface area contributed by atoms with E-state index in [2.05, 4.69) is 31.9 Å². The molecule has 5 heteroatoms. The van der Waals surface area contributed by atoms with Gasteiger partial charge in [-0.2, -0.15) is 0 Å². The molecule has 0 radical (unpaired) electrons. The molecule has 0 N–H and O–H groups in total. The molecule has 1 aromatic heterocycles. The lowest BCUT2D eigenvalue weighted by atomic mass is 9.91. The third-order valence-corrected chi connectivity index (χ3v) is 5.09. The van der Waals surface area contributed by atoms with Gasteiger partial charge in [-0.05, 0) is 46.6 Å². The van der Waals surface area contributed by atoms with Crippen LogP contribution in [0.1, 0.15) is 28.9 Å². The molecule has 0 bridgehead atoms. The molecule has 1 aromatic rings. The molecule has 88 valence electrons. The molecule has 0 aromatic carbocycles. The van der Waals surface area contributed by atoms with Crippen molar-refractivity contribution in [2.24, 2.45) is 0 Å². The second kappa shape index (κ2) is 5.65. The van der Waals surface area contributed by atoms with E-state index >= 15 is 0 Å². The van der Waals surface area contributed by atoms with E-state index in [1.165, 1.54) is 17.8 Å². The van der Waals surface area contributed by atoms with Crippen LogP contribution in [0.3, 0.4) is 0 Å². The molecule has 1 fully saturated rings. The Kier molecular flexibility index (Phi) is 4.44. The zero-order valence-corrected chi connectivity index (χ0v) is 12.8. The number of halogens is 2. The molecule has 1 amide bonds. The number of carbonyl (C=O) groups is 1. The molecule has 2 nitrogen and oxygen atoms in total. The van der Waals surface area contributed by atoms with Crippen molar-refractivity contribution in [3.05, 3.63) is 20.8 Å². The molecule has 1 saturated carbocycles. The van der Waals surface area contributed by atoms with Gasteiger partial charge in [0.1, 0.15) is 4.88 Å². The van der Waals surface area contributed by atoms with Crippen LogP contribution in [-0.2, 0) is 0 Å². The van der Waals surface area contributed by atoms with Crippen LogP contribution >= 0.6 is 43.2 Å². The lowest BCUT2D eigenvalue weighted by Gasteiger charge is -2.37. The summed E-state index contributed by atoms with van der Waals surface area (Å²) in [5, 5.41) is 2.79. The van der Waals surface area contributed by atoms with Crippen molar-refractivity contribution < 1.29 is 4.79 Å². The monoisotopic (exact) mass is 365 g/mol. The Balaban J connectivity index is 2.13. The summed E-state index contributed by atoms with van der Waals surface area (Å²) in [5.74, 6) is 0.172. The molecule has 1 aliphatic carbocycles. The molecule has 16 heavy (non-hydrogen) atoms. The van der Waals surface area contributed by atoms with E-state index in [0.29, 0.717) is 6.04 Å². The van der Waals surface area contributed by atoms with Crippen LogP contribution in [0.15, 0.2) is 15.9 Å². The first-order chi connectivity index (χ1) is 7.74. The van der Waals surface area contributed by atoms with Gasteiger partial charge in [0.2, 0.25) is 0 Å². The van der Waals surface area contributed by atoms with Gasteiger partial charge in [0, 0.05) is 22.4 Å². The molecule has 0 aliphatic heterocycles. The summed E-state index contributed by atoms with van der Waals surface area (Å²) in [5.41, 5.74) is 0. The first kappa shape index (κ1) is 12.6. The van der Waals surface area contributed by atoms with Crippen molar-refractivity contribution in [1.29, 1.82) is 0 Å². The third-order valence-electron chi connectivity index (χ3n) is 2.91. The summed E-state index contributed by atoms with van der Waals surface area (Å²) in [6, 6.07) is 2.39. The van der Waals surface area contributed by atoms with E-state index in [4.69, 9.17) is 0 Å². The minimum absolute atomic E-state index is 0.172. The molecule has 1 heterocycles. The molecule has 0 unspecified atom stereocenters. The average Bonchev–Trinajstić information content (AvgIpc) is 2.60. The lowest BCUT2D eigenvalue weighted by molar-refractivity contribution is 0.0604. The first-order valence-corrected chi connectivity index (χ1v) is 8.13. The van der Waals surface area contributed by atoms with E-state index in [0.717, 1.165) is 34.1 Å². The number of hydrogen-bond donors (Lipinski definition) is 0. The first-order valence-electron chi connectivity index (χ1n) is 5.34. The van der Waals surface area contributed by atoms with Crippen molar-refractivity contribution in [3.63, 3.8) is 0 Å². The average molecular weight is 367 g/mol. The summed E-state index contributed by atoms with van der Waals surface area (Å²) < 4.78 is 0.918. The highest BCUT2D eigenvalue weighted by molar-refractivity contribution is 9.10. The Labute approximate surface area is 116 Å². The minimum Gasteiger partial charge on any atom is -0.334 e. The van der Waals surface area contributed by atoms with E-state index in [9.17, 15) is 4.79 Å². The second-order valence-corrected chi connectivity index (χ2v) is 6.43. The zero-order chi connectivity index (χ0) is 11.5. The second-order valence-electron chi connectivity index (χ2n) is 3.87. The smallest absolute Gasteiger partial charge is 0.265 e. The maximum absolute atomic E-state index is 12.3. The Morgan fingerprint density at radius 3 is 2.75 bits per heavy atom. The maximum atomic E-state index is 12.3. The fourth-order valence-corrected chi connectivity index (χ4v) is 3.69. The number of thiophene rings is 1. The molecule has 0 saturated heterocycles. The molecule has 0 atom stereocenters. The maximum Gasteiger partial charge on any atom is 0.265 e. The van der Waals surface area contributed by atoms with Crippen LogP contribution in [0.25, 0.3) is 0 Å². The highest BCUT2D eigenvalue weighted by Crippen LogP contribution is 2.30. The highest BCUT2D eigenvalue weighted by atomic mass is 79.9. The zero-order valence-electron chi connectivity index (χ0n) is 8.79. The standard InChI is InChI=1S/C11H13Br2NOS/c12-5-6-14(8-2-1-3-8)11(15)10-9(13)4-7-16-10/h4,7-8H,1-3,5-6H2. The largest absolute Gasteiger partial charge is 0.334 e. The van der Waals surface area contributed by atoms with Gasteiger partial charge < -0.3 is 4.90 Å². The predicted octanol–water partition coefficient (Wildman–Crippen LogP) is 3.90. The SMILES string of the molecule is O=C(c1sccc1Br)N(CCBr)C1CCC1. The Bertz CT molecular complexity index is 376. The fourth-order valence-electron chi connectivity index (χ4n) is 1.82. The van der Waals surface area contributed by atoms with Crippen molar-refractivity contribution in [2.75, 3.05) is 11.9 Å². The van der Waals surface area contributed by atoms with E-state index in [-0.39, 0.29) is 5.91 Å². The van der Waals surface area contributed by atoms with Crippen LogP contribution in [0.2, 0.25) is 0 Å². The Hall–Kier alpha value is 0.130. The number of hydrogen-bond acceptors (Lipinski definition) is 2. The van der Waals surface area contributed by atoms with Crippen molar-refractivity contribution >= 4 is 49.1 Å². The number of amides is 1.